The van der Waals surface area contributed by atoms with Gasteiger partial charge in [-0.3, -0.25) is 29.8 Å². The van der Waals surface area contributed by atoms with Crippen LogP contribution in [0.3, 0.4) is 0 Å². The summed E-state index contributed by atoms with van der Waals surface area (Å²) in [6.07, 6.45) is 0. The monoisotopic (exact) mass is 1740 g/mol. The molecule has 0 fully saturated rings. The fourth-order valence-corrected chi connectivity index (χ4v) is 21.7. The minimum absolute atomic E-state index is 0.160. The second-order valence-corrected chi connectivity index (χ2v) is 36.1. The third-order valence-corrected chi connectivity index (χ3v) is 29.9. The number of non-ortho nitro benzene ring substituents is 2. The number of nitrogens with zero attached hydrogens (tertiary/aromatic N) is 10. The number of nitro groups is 2. The van der Waals surface area contributed by atoms with E-state index >= 15 is 0 Å². The molecule has 592 valence electrons. The number of benzene rings is 8. The Labute approximate surface area is 615 Å². The number of anilines is 2. The van der Waals surface area contributed by atoms with E-state index in [0.29, 0.717) is 35.6 Å². The first-order valence-electron chi connectivity index (χ1n) is 27.6. The zero-order valence-electron chi connectivity index (χ0n) is 53.7. The standard InChI is InChI=1S/C17H16N4O6S2.C13F10N2O4S2.C13H6F4N2O4S2.C13H8N4O8S2/c1-11(22)19-13-3-7-15(8-4-13)28(24,25)17(21-18)29(26,27)16-9-5-14(6-10-16)20-12(2)23;14-1-3(16)7(20)11(8(21)4(1)17)30(26,27)13(25-24)31(28,29)12-9(22)5(18)2(15)6(19)10(12)23;14-7-1-3-11(9(16)5-7)24(20,21)13(19-18)25(22,23)12-4-2-8(15)6-10(12)17;14-15-13(26(22,23)11-5-1-9(2-6-11)16(18)19)27(24,25)12-7-3-10(4-8-12)17(20)21/h3-10H,1-2H3,(H,19,22)(H,20,23);;1-6H;1-8H. The zero-order valence-corrected chi connectivity index (χ0v) is 60.2. The van der Waals surface area contributed by atoms with Gasteiger partial charge in [0.1, 0.15) is 33.1 Å². The molecule has 0 bridgehead atoms. The Balaban J connectivity index is 0.000000268. The summed E-state index contributed by atoms with van der Waals surface area (Å²) in [5.74, 6) is -36.6. The van der Waals surface area contributed by atoms with Crippen LogP contribution in [0.25, 0.3) is 22.1 Å². The van der Waals surface area contributed by atoms with Crippen molar-refractivity contribution in [3.63, 3.8) is 0 Å². The molecule has 34 nitrogen and oxygen atoms in total. The molecule has 0 aromatic heterocycles. The number of hydrogen-bond donors (Lipinski definition) is 2. The number of rotatable bonds is 12. The van der Waals surface area contributed by atoms with Crippen LogP contribution in [0.4, 0.5) is 84.2 Å². The van der Waals surface area contributed by atoms with Crippen molar-refractivity contribution in [1.82, 2.24) is 0 Å². The molecule has 2 N–H and O–H groups in total. The second-order valence-electron chi connectivity index (χ2n) is 20.4. The molecule has 8 aromatic carbocycles. The van der Waals surface area contributed by atoms with E-state index in [1.165, 1.54) is 42.9 Å². The molecule has 0 saturated heterocycles. The highest BCUT2D eigenvalue weighted by Crippen LogP contribution is 2.35. The van der Waals surface area contributed by atoms with Crippen LogP contribution in [0.15, 0.2) is 173 Å². The van der Waals surface area contributed by atoms with Crippen LogP contribution in [-0.2, 0) is 88.3 Å². The highest BCUT2D eigenvalue weighted by Gasteiger charge is 2.53. The van der Waals surface area contributed by atoms with E-state index in [2.05, 4.69) is 25.0 Å². The van der Waals surface area contributed by atoms with Gasteiger partial charge in [0.2, 0.25) is 23.4 Å². The molecule has 0 heterocycles. The molecule has 56 heteroatoms. The van der Waals surface area contributed by atoms with Crippen LogP contribution in [0, 0.1) is 102 Å². The minimum Gasteiger partial charge on any atom is -0.359 e. The van der Waals surface area contributed by atoms with Crippen LogP contribution in [0.1, 0.15) is 13.8 Å². The van der Waals surface area contributed by atoms with E-state index < -0.39 is 238 Å². The summed E-state index contributed by atoms with van der Waals surface area (Å²) >= 11 is 0. The van der Waals surface area contributed by atoms with Crippen LogP contribution in [0.2, 0.25) is 0 Å². The summed E-state index contributed by atoms with van der Waals surface area (Å²) in [6, 6.07) is 18.0. The van der Waals surface area contributed by atoms with Crippen molar-refractivity contribution in [1.29, 1.82) is 0 Å². The van der Waals surface area contributed by atoms with E-state index in [-0.39, 0.29) is 23.9 Å². The van der Waals surface area contributed by atoms with Gasteiger partial charge in [-0.25, -0.2) is 129 Å². The Bertz CT molecular complexity index is 6100. The Morgan fingerprint density at radius 1 is 0.312 bits per heavy atom. The molecule has 0 spiro atoms. The largest absolute Gasteiger partial charge is 0.504 e. The SMILES string of the molecule is CC(=O)Nc1ccc(S(=O)(=O)C(=[N+]=[N-])S(=O)(=O)c2ccc(NC(C)=O)cc2)cc1.[N-]=[N+]=C(S(=O)(=O)c1c(F)c(F)c(F)c(F)c1F)S(=O)(=O)c1c(F)c(F)c(F)c(F)c1F.[N-]=[N+]=C(S(=O)(=O)c1ccc(F)cc1F)S(=O)(=O)c1ccc(F)cc1F.[N-]=[N+]=C(S(=O)(=O)c1ccc([N+](=O)[O-])cc1)S(=O)(=O)c1ccc([N+](=O)[O-])cc1. The average molecular weight is 1750 g/mol. The molecule has 0 atom stereocenters. The first-order valence-corrected chi connectivity index (χ1v) is 39.5. The third kappa shape index (κ3) is 18.6. The molecule has 0 saturated carbocycles. The number of carbonyl (C=O) groups is 2. The molecule has 0 aliphatic rings. The Morgan fingerprint density at radius 3 is 0.723 bits per heavy atom. The molecular formula is C56H30F14N12O22S8. The van der Waals surface area contributed by atoms with Gasteiger partial charge < -0.3 is 32.8 Å². The summed E-state index contributed by atoms with van der Waals surface area (Å²) in [6.45, 7) is 2.54. The first-order chi connectivity index (χ1) is 51.5. The Kier molecular flexibility index (Phi) is 27.6. The lowest BCUT2D eigenvalue weighted by Gasteiger charge is -2.09. The highest BCUT2D eigenvalue weighted by molar-refractivity contribution is 8.32. The van der Waals surface area contributed by atoms with E-state index in [9.17, 15) is 164 Å². The van der Waals surface area contributed by atoms with Crippen molar-refractivity contribution in [3.8, 4) is 0 Å². The summed E-state index contributed by atoms with van der Waals surface area (Å²) in [7, 11) is -43.2. The molecule has 0 unspecified atom stereocenters. The number of nitrogens with one attached hydrogen (secondary N) is 2. The van der Waals surface area contributed by atoms with Gasteiger partial charge in [0.25, 0.3) is 90.1 Å². The lowest BCUT2D eigenvalue weighted by molar-refractivity contribution is -0.385. The van der Waals surface area contributed by atoms with Gasteiger partial charge in [-0.05, 0) is 97.1 Å². The van der Waals surface area contributed by atoms with Gasteiger partial charge in [0.05, 0.1) is 29.4 Å². The topological polar surface area (TPSA) is 563 Å². The second kappa shape index (κ2) is 34.3. The molecule has 0 radical (unpaired) electrons. The van der Waals surface area contributed by atoms with Crippen molar-refractivity contribution in [2.75, 3.05) is 10.6 Å². The number of halogens is 14. The minimum atomic E-state index is -6.71. The van der Waals surface area contributed by atoms with Crippen molar-refractivity contribution >= 4 is 131 Å². The van der Waals surface area contributed by atoms with Gasteiger partial charge in [-0.15, -0.1) is 19.2 Å². The van der Waals surface area contributed by atoms with Gasteiger partial charge in [0, 0.05) is 61.6 Å². The number of carbonyl (C=O) groups excluding carboxylic acids is 2. The van der Waals surface area contributed by atoms with Crippen molar-refractivity contribution < 1.29 is 167 Å². The highest BCUT2D eigenvalue weighted by atomic mass is 32.3. The molecule has 8 rings (SSSR count). The van der Waals surface area contributed by atoms with E-state index in [1.807, 2.05) is 0 Å². The lowest BCUT2D eigenvalue weighted by atomic mass is 10.3. The quantitative estimate of drug-likeness (QED) is 0.0113. The normalized spacial score (nSPS) is 11.6. The van der Waals surface area contributed by atoms with Crippen LogP contribution in [0.5, 0.6) is 0 Å². The Hall–Kier alpha value is -12.4. The van der Waals surface area contributed by atoms with Crippen molar-refractivity contribution in [2.24, 2.45) is 0 Å². The van der Waals surface area contributed by atoms with Gasteiger partial charge in [-0.2, -0.15) is 0 Å². The molecule has 8 aromatic rings. The summed E-state index contributed by atoms with van der Waals surface area (Å²) < 4.78 is 378. The van der Waals surface area contributed by atoms with E-state index in [1.54, 1.807) is 0 Å². The maximum Gasteiger partial charge on any atom is 0.504 e. The summed E-state index contributed by atoms with van der Waals surface area (Å²) in [5.41, 5.74) is 35.5. The van der Waals surface area contributed by atoms with Crippen LogP contribution in [-0.4, -0.2) is 126 Å². The predicted molar refractivity (Wildman–Crippen MR) is 345 cm³/mol. The summed E-state index contributed by atoms with van der Waals surface area (Å²) in [5, 5.41) is 26.1. The van der Waals surface area contributed by atoms with Gasteiger partial charge in [0.15, 0.2) is 56.3 Å². The van der Waals surface area contributed by atoms with Crippen LogP contribution >= 0.6 is 0 Å². The maximum absolute atomic E-state index is 13.8. The van der Waals surface area contributed by atoms with Gasteiger partial charge >= 0.3 is 17.5 Å². The van der Waals surface area contributed by atoms with Crippen molar-refractivity contribution in [3.05, 3.63) is 257 Å². The fourth-order valence-electron chi connectivity index (χ4n) is 8.14. The first kappa shape index (κ1) is 90.3. The van der Waals surface area contributed by atoms with Crippen LogP contribution < -0.4 is 10.6 Å². The number of hydrogen-bond acceptors (Lipinski definition) is 22. The predicted octanol–water partition coefficient (Wildman–Crippen LogP) is 7.76. The van der Waals surface area contributed by atoms with E-state index in [4.69, 9.17) is 16.6 Å². The zero-order chi connectivity index (χ0) is 85.4. The lowest BCUT2D eigenvalue weighted by Crippen LogP contribution is -2.30. The Morgan fingerprint density at radius 2 is 0.518 bits per heavy atom. The molecular weight excluding hydrogens is 1720 g/mol. The number of amides is 2. The van der Waals surface area contributed by atoms with Gasteiger partial charge in [-0.1, -0.05) is 0 Å². The average Bonchev–Trinajstić information content (AvgIpc) is 0.708. The number of sulfone groups is 8. The molecule has 112 heavy (non-hydrogen) atoms. The third-order valence-electron chi connectivity index (χ3n) is 13.1. The van der Waals surface area contributed by atoms with Crippen molar-refractivity contribution in [2.45, 2.75) is 53.0 Å². The maximum atomic E-state index is 13.8. The smallest absolute Gasteiger partial charge is 0.359 e. The molecule has 0 aliphatic carbocycles. The number of nitro benzene ring substituents is 2. The fraction of sp³-hybridized carbons (Fsp3) is 0.0357. The molecule has 2 amide bonds. The van der Waals surface area contributed by atoms with E-state index in [0.717, 1.165) is 72.8 Å². The summed E-state index contributed by atoms with van der Waals surface area (Å²) in [4.78, 5) is 39.5. The molecule has 0 aliphatic heterocycles.